The number of hydrogen-bond acceptors (Lipinski definition) is 4. The SMILES string of the molecule is C=C(C)COCCNC(=O)c1cc(C2CC2)on1. The van der Waals surface area contributed by atoms with Crippen molar-refractivity contribution >= 4 is 5.91 Å². The first-order valence-electron chi connectivity index (χ1n) is 6.13. The zero-order valence-corrected chi connectivity index (χ0v) is 10.6. The minimum atomic E-state index is -0.218. The lowest BCUT2D eigenvalue weighted by molar-refractivity contribution is 0.0918. The molecule has 1 aromatic rings. The second kappa shape index (κ2) is 5.82. The molecule has 1 aliphatic carbocycles. The van der Waals surface area contributed by atoms with Crippen LogP contribution in [-0.2, 0) is 4.74 Å². The van der Waals surface area contributed by atoms with Gasteiger partial charge >= 0.3 is 0 Å². The second-order valence-electron chi connectivity index (χ2n) is 4.65. The smallest absolute Gasteiger partial charge is 0.273 e. The zero-order chi connectivity index (χ0) is 13.0. The summed E-state index contributed by atoms with van der Waals surface area (Å²) in [6.07, 6.45) is 2.26. The third kappa shape index (κ3) is 3.70. The number of nitrogens with zero attached hydrogens (tertiary/aromatic N) is 1. The van der Waals surface area contributed by atoms with Gasteiger partial charge in [-0.3, -0.25) is 4.79 Å². The summed E-state index contributed by atoms with van der Waals surface area (Å²) in [5.74, 6) is 1.07. The predicted octanol–water partition coefficient (Wildman–Crippen LogP) is 1.87. The van der Waals surface area contributed by atoms with Gasteiger partial charge in [0.1, 0.15) is 5.76 Å². The molecule has 0 saturated heterocycles. The molecule has 1 amide bonds. The maximum Gasteiger partial charge on any atom is 0.273 e. The average Bonchev–Trinajstić information content (AvgIpc) is 3.06. The second-order valence-corrected chi connectivity index (χ2v) is 4.65. The van der Waals surface area contributed by atoms with Crippen LogP contribution < -0.4 is 5.32 Å². The number of hydrogen-bond donors (Lipinski definition) is 1. The number of amides is 1. The van der Waals surface area contributed by atoms with E-state index in [1.807, 2.05) is 6.92 Å². The van der Waals surface area contributed by atoms with Crippen molar-refractivity contribution < 1.29 is 14.1 Å². The van der Waals surface area contributed by atoms with Crippen LogP contribution in [0.2, 0.25) is 0 Å². The van der Waals surface area contributed by atoms with E-state index in [0.29, 0.717) is 31.4 Å². The molecule has 1 aromatic heterocycles. The molecule has 1 aliphatic rings. The summed E-state index contributed by atoms with van der Waals surface area (Å²) in [5, 5.41) is 6.49. The Bertz CT molecular complexity index is 435. The van der Waals surface area contributed by atoms with Crippen LogP contribution in [0.1, 0.15) is 41.9 Å². The van der Waals surface area contributed by atoms with Crippen molar-refractivity contribution in [3.63, 3.8) is 0 Å². The third-order valence-electron chi connectivity index (χ3n) is 2.62. The zero-order valence-electron chi connectivity index (χ0n) is 10.6. The maximum absolute atomic E-state index is 11.7. The van der Waals surface area contributed by atoms with Crippen molar-refractivity contribution in [3.05, 3.63) is 29.7 Å². The van der Waals surface area contributed by atoms with Crippen molar-refractivity contribution in [3.8, 4) is 0 Å². The minimum absolute atomic E-state index is 0.218. The van der Waals surface area contributed by atoms with E-state index in [-0.39, 0.29) is 5.91 Å². The summed E-state index contributed by atoms with van der Waals surface area (Å²) >= 11 is 0. The highest BCUT2D eigenvalue weighted by Gasteiger charge is 2.28. The van der Waals surface area contributed by atoms with E-state index in [0.717, 1.165) is 24.2 Å². The molecular weight excluding hydrogens is 232 g/mol. The fraction of sp³-hybridized carbons (Fsp3) is 0.538. The molecule has 0 atom stereocenters. The first kappa shape index (κ1) is 12.8. The van der Waals surface area contributed by atoms with Gasteiger partial charge in [0.15, 0.2) is 5.69 Å². The number of carbonyl (C=O) groups is 1. The Morgan fingerprint density at radius 2 is 2.44 bits per heavy atom. The highest BCUT2D eigenvalue weighted by molar-refractivity contribution is 5.92. The Morgan fingerprint density at radius 1 is 1.67 bits per heavy atom. The average molecular weight is 250 g/mol. The lowest BCUT2D eigenvalue weighted by Crippen LogP contribution is -2.27. The molecule has 1 saturated carbocycles. The molecule has 0 bridgehead atoms. The van der Waals surface area contributed by atoms with Gasteiger partial charge in [-0.25, -0.2) is 0 Å². The van der Waals surface area contributed by atoms with Crippen LogP contribution in [0.5, 0.6) is 0 Å². The number of nitrogens with one attached hydrogen (secondary N) is 1. The molecule has 2 rings (SSSR count). The standard InChI is InChI=1S/C13H18N2O3/c1-9(2)8-17-6-5-14-13(16)11-7-12(18-15-11)10-3-4-10/h7,10H,1,3-6,8H2,2H3,(H,14,16). The van der Waals surface area contributed by atoms with Crippen molar-refractivity contribution in [1.82, 2.24) is 10.5 Å². The number of rotatable bonds is 7. The molecule has 5 heteroatoms. The summed E-state index contributed by atoms with van der Waals surface area (Å²) < 4.78 is 10.4. The van der Waals surface area contributed by atoms with Gasteiger partial charge in [0.05, 0.1) is 13.2 Å². The van der Waals surface area contributed by atoms with E-state index in [4.69, 9.17) is 9.26 Å². The van der Waals surface area contributed by atoms with E-state index in [1.165, 1.54) is 0 Å². The Labute approximate surface area is 106 Å². The molecule has 18 heavy (non-hydrogen) atoms. The highest BCUT2D eigenvalue weighted by Crippen LogP contribution is 2.40. The molecule has 1 heterocycles. The van der Waals surface area contributed by atoms with Gasteiger partial charge < -0.3 is 14.6 Å². The van der Waals surface area contributed by atoms with E-state index < -0.39 is 0 Å². The normalized spacial score (nSPS) is 14.5. The summed E-state index contributed by atoms with van der Waals surface area (Å²) in [6.45, 7) is 7.06. The van der Waals surface area contributed by atoms with Crippen LogP contribution in [0, 0.1) is 0 Å². The first-order chi connectivity index (χ1) is 8.66. The fourth-order valence-corrected chi connectivity index (χ4v) is 1.53. The van der Waals surface area contributed by atoms with Crippen molar-refractivity contribution in [1.29, 1.82) is 0 Å². The Hall–Kier alpha value is -1.62. The molecule has 0 aliphatic heterocycles. The van der Waals surface area contributed by atoms with Gasteiger partial charge in [0.2, 0.25) is 0 Å². The monoisotopic (exact) mass is 250 g/mol. The van der Waals surface area contributed by atoms with Crippen molar-refractivity contribution in [2.75, 3.05) is 19.8 Å². The molecular formula is C13H18N2O3. The molecule has 0 unspecified atom stereocenters. The summed E-state index contributed by atoms with van der Waals surface area (Å²) in [5.41, 5.74) is 1.31. The van der Waals surface area contributed by atoms with Crippen molar-refractivity contribution in [2.24, 2.45) is 0 Å². The summed E-state index contributed by atoms with van der Waals surface area (Å²) in [6, 6.07) is 1.72. The van der Waals surface area contributed by atoms with Gasteiger partial charge in [0.25, 0.3) is 5.91 Å². The van der Waals surface area contributed by atoms with Gasteiger partial charge in [-0.05, 0) is 19.8 Å². The fourth-order valence-electron chi connectivity index (χ4n) is 1.53. The number of aromatic nitrogens is 1. The van der Waals surface area contributed by atoms with E-state index >= 15 is 0 Å². The lowest BCUT2D eigenvalue weighted by atomic mass is 10.3. The summed E-state index contributed by atoms with van der Waals surface area (Å²) in [7, 11) is 0. The van der Waals surface area contributed by atoms with Crippen LogP contribution in [0.4, 0.5) is 0 Å². The Balaban J connectivity index is 1.68. The Kier molecular flexibility index (Phi) is 4.15. The van der Waals surface area contributed by atoms with Gasteiger partial charge in [0, 0.05) is 18.5 Å². The topological polar surface area (TPSA) is 64.4 Å². The van der Waals surface area contributed by atoms with Crippen LogP contribution in [0.3, 0.4) is 0 Å². The third-order valence-corrected chi connectivity index (χ3v) is 2.62. The first-order valence-corrected chi connectivity index (χ1v) is 6.13. The van der Waals surface area contributed by atoms with E-state index in [9.17, 15) is 4.79 Å². The maximum atomic E-state index is 11.7. The molecule has 0 aromatic carbocycles. The highest BCUT2D eigenvalue weighted by atomic mass is 16.5. The molecule has 1 fully saturated rings. The number of carbonyl (C=O) groups excluding carboxylic acids is 1. The van der Waals surface area contributed by atoms with Crippen LogP contribution >= 0.6 is 0 Å². The Morgan fingerprint density at radius 3 is 3.11 bits per heavy atom. The van der Waals surface area contributed by atoms with Crippen LogP contribution in [0.25, 0.3) is 0 Å². The minimum Gasteiger partial charge on any atom is -0.375 e. The molecule has 0 spiro atoms. The molecule has 0 radical (unpaired) electrons. The number of ether oxygens (including phenoxy) is 1. The molecule has 5 nitrogen and oxygen atoms in total. The lowest BCUT2D eigenvalue weighted by Gasteiger charge is -2.04. The van der Waals surface area contributed by atoms with Gasteiger partial charge in [-0.1, -0.05) is 17.3 Å². The summed E-state index contributed by atoms with van der Waals surface area (Å²) in [4.78, 5) is 11.7. The largest absolute Gasteiger partial charge is 0.375 e. The van der Waals surface area contributed by atoms with Gasteiger partial charge in [-0.15, -0.1) is 0 Å². The van der Waals surface area contributed by atoms with E-state index in [2.05, 4.69) is 17.1 Å². The van der Waals surface area contributed by atoms with Gasteiger partial charge in [-0.2, -0.15) is 0 Å². The predicted molar refractivity (Wildman–Crippen MR) is 66.4 cm³/mol. The molecule has 1 N–H and O–H groups in total. The molecule has 98 valence electrons. The van der Waals surface area contributed by atoms with E-state index in [1.54, 1.807) is 6.07 Å². The quantitative estimate of drug-likeness (QED) is 0.592. The van der Waals surface area contributed by atoms with Crippen LogP contribution in [0.15, 0.2) is 22.7 Å². The van der Waals surface area contributed by atoms with Crippen molar-refractivity contribution in [2.45, 2.75) is 25.7 Å². The van der Waals surface area contributed by atoms with Crippen LogP contribution in [-0.4, -0.2) is 30.8 Å².